The minimum absolute atomic E-state index is 0.0438. The number of hydrogen-bond acceptors (Lipinski definition) is 6. The Morgan fingerprint density at radius 2 is 1.71 bits per heavy atom. The summed E-state index contributed by atoms with van der Waals surface area (Å²) < 4.78 is 5.35. The predicted octanol–water partition coefficient (Wildman–Crippen LogP) is 3.65. The van der Waals surface area contributed by atoms with E-state index in [2.05, 4.69) is 0 Å². The van der Waals surface area contributed by atoms with Crippen LogP contribution in [0.1, 0.15) is 30.5 Å². The molecule has 148 valence electrons. The Morgan fingerprint density at radius 3 is 2.25 bits per heavy atom. The zero-order valence-corrected chi connectivity index (χ0v) is 15.7. The summed E-state index contributed by atoms with van der Waals surface area (Å²) in [5, 5.41) is 49.6. The number of ether oxygens (including phenoxy) is 1. The molecule has 0 spiro atoms. The van der Waals surface area contributed by atoms with Gasteiger partial charge in [-0.1, -0.05) is 11.6 Å². The fourth-order valence-corrected chi connectivity index (χ4v) is 2.71. The summed E-state index contributed by atoms with van der Waals surface area (Å²) in [6.45, 7) is 3.78. The summed E-state index contributed by atoms with van der Waals surface area (Å²) in [5.74, 6) is -2.47. The summed E-state index contributed by atoms with van der Waals surface area (Å²) in [5.41, 5.74) is 1.05. The van der Waals surface area contributed by atoms with Crippen molar-refractivity contribution in [3.05, 3.63) is 52.6 Å². The Balaban J connectivity index is 2.74. The van der Waals surface area contributed by atoms with Crippen molar-refractivity contribution in [3.63, 3.8) is 0 Å². The van der Waals surface area contributed by atoms with Crippen LogP contribution in [-0.4, -0.2) is 38.6 Å². The lowest BCUT2D eigenvalue weighted by atomic mass is 9.97. The quantitative estimate of drug-likeness (QED) is 0.291. The van der Waals surface area contributed by atoms with E-state index in [1.54, 1.807) is 0 Å². The highest BCUT2D eigenvalue weighted by Crippen LogP contribution is 2.41. The second-order valence-electron chi connectivity index (χ2n) is 6.39. The molecule has 28 heavy (non-hydrogen) atoms. The molecule has 0 heterocycles. The Morgan fingerprint density at radius 1 is 1.04 bits per heavy atom. The monoisotopic (exact) mass is 386 g/mol. The second kappa shape index (κ2) is 8.39. The summed E-state index contributed by atoms with van der Waals surface area (Å²) in [7, 11) is 1.34. The molecule has 0 saturated heterocycles. The number of aliphatic carboxylic acids is 1. The molecule has 2 aromatic rings. The average Bonchev–Trinajstić information content (AvgIpc) is 2.60. The van der Waals surface area contributed by atoms with E-state index in [0.29, 0.717) is 12.0 Å². The van der Waals surface area contributed by atoms with Crippen molar-refractivity contribution >= 4 is 17.6 Å². The molecule has 0 unspecified atom stereocenters. The van der Waals surface area contributed by atoms with Gasteiger partial charge in [0.25, 0.3) is 0 Å². The third kappa shape index (κ3) is 4.37. The van der Waals surface area contributed by atoms with Gasteiger partial charge in [0.15, 0.2) is 0 Å². The highest BCUT2D eigenvalue weighted by atomic mass is 16.5. The maximum absolute atomic E-state index is 11.8. The SMILES string of the molecule is COc1c(C=C(C(=O)O)c2ccc(O)cc2O)c(O)cc(O)c1CC=C(C)C. The van der Waals surface area contributed by atoms with Gasteiger partial charge in [0.1, 0.15) is 28.7 Å². The number of phenols is 4. The highest BCUT2D eigenvalue weighted by Gasteiger charge is 2.21. The van der Waals surface area contributed by atoms with Gasteiger partial charge >= 0.3 is 5.97 Å². The van der Waals surface area contributed by atoms with Gasteiger partial charge in [0.2, 0.25) is 0 Å². The summed E-state index contributed by atoms with van der Waals surface area (Å²) in [6, 6.07) is 4.61. The van der Waals surface area contributed by atoms with Gasteiger partial charge in [-0.05, 0) is 38.5 Å². The molecule has 0 atom stereocenters. The first-order chi connectivity index (χ1) is 13.1. The van der Waals surface area contributed by atoms with Crippen LogP contribution in [0, 0.1) is 0 Å². The first-order valence-corrected chi connectivity index (χ1v) is 8.38. The number of aromatic hydroxyl groups is 4. The van der Waals surface area contributed by atoms with E-state index in [4.69, 9.17) is 4.74 Å². The largest absolute Gasteiger partial charge is 0.508 e. The molecule has 0 amide bonds. The summed E-state index contributed by atoms with van der Waals surface area (Å²) in [4.78, 5) is 11.8. The molecule has 0 saturated carbocycles. The standard InChI is InChI=1S/C21H22O7/c1-11(2)4-6-14-18(24)10-19(25)16(20(14)28-3)9-15(21(26)27)13-7-5-12(22)8-17(13)23/h4-5,7-10,22-25H,6H2,1-3H3,(H,26,27). The van der Waals surface area contributed by atoms with Gasteiger partial charge in [0.05, 0.1) is 18.2 Å². The van der Waals surface area contributed by atoms with Gasteiger partial charge in [0, 0.05) is 23.3 Å². The lowest BCUT2D eigenvalue weighted by Gasteiger charge is -2.15. The van der Waals surface area contributed by atoms with Crippen LogP contribution < -0.4 is 4.74 Å². The lowest BCUT2D eigenvalue weighted by Crippen LogP contribution is -2.02. The molecule has 2 aromatic carbocycles. The van der Waals surface area contributed by atoms with Crippen molar-refractivity contribution in [2.24, 2.45) is 0 Å². The number of phenolic OH excluding ortho intramolecular Hbond substituents is 4. The molecule has 0 bridgehead atoms. The molecule has 0 aliphatic carbocycles. The number of carboxylic acid groups (broad SMARTS) is 1. The Hall–Kier alpha value is -3.61. The molecule has 0 fully saturated rings. The molecular weight excluding hydrogens is 364 g/mol. The predicted molar refractivity (Wildman–Crippen MR) is 105 cm³/mol. The maximum atomic E-state index is 11.8. The second-order valence-corrected chi connectivity index (χ2v) is 6.39. The third-order valence-electron chi connectivity index (χ3n) is 4.09. The molecule has 0 radical (unpaired) electrons. The van der Waals surface area contributed by atoms with Crippen molar-refractivity contribution in [2.75, 3.05) is 7.11 Å². The Labute approximate surface area is 162 Å². The van der Waals surface area contributed by atoms with Crippen molar-refractivity contribution in [3.8, 4) is 28.7 Å². The van der Waals surface area contributed by atoms with Crippen LogP contribution in [-0.2, 0) is 11.2 Å². The number of hydrogen-bond donors (Lipinski definition) is 5. The van der Waals surface area contributed by atoms with Crippen LogP contribution in [0.25, 0.3) is 11.6 Å². The molecular formula is C21H22O7. The fourth-order valence-electron chi connectivity index (χ4n) is 2.71. The van der Waals surface area contributed by atoms with Crippen LogP contribution in [0.5, 0.6) is 28.7 Å². The molecule has 7 nitrogen and oxygen atoms in total. The first-order valence-electron chi connectivity index (χ1n) is 8.38. The molecule has 7 heteroatoms. The summed E-state index contributed by atoms with van der Waals surface area (Å²) >= 11 is 0. The number of allylic oxidation sites excluding steroid dienone is 2. The van der Waals surface area contributed by atoms with E-state index in [0.717, 1.165) is 23.8 Å². The Kier molecular flexibility index (Phi) is 6.20. The highest BCUT2D eigenvalue weighted by molar-refractivity contribution is 6.21. The maximum Gasteiger partial charge on any atom is 0.336 e. The third-order valence-corrected chi connectivity index (χ3v) is 4.09. The zero-order valence-electron chi connectivity index (χ0n) is 15.7. The molecule has 0 aliphatic rings. The van der Waals surface area contributed by atoms with Crippen molar-refractivity contribution in [2.45, 2.75) is 20.3 Å². The fraction of sp³-hybridized carbons (Fsp3) is 0.190. The van der Waals surface area contributed by atoms with E-state index in [9.17, 15) is 30.3 Å². The van der Waals surface area contributed by atoms with E-state index in [1.807, 2.05) is 19.9 Å². The van der Waals surface area contributed by atoms with Crippen molar-refractivity contribution in [1.29, 1.82) is 0 Å². The molecule has 5 N–H and O–H groups in total. The van der Waals surface area contributed by atoms with Gasteiger partial charge < -0.3 is 30.3 Å². The van der Waals surface area contributed by atoms with Crippen molar-refractivity contribution < 1.29 is 35.1 Å². The van der Waals surface area contributed by atoms with E-state index < -0.39 is 11.7 Å². The minimum atomic E-state index is -1.36. The van der Waals surface area contributed by atoms with Crippen LogP contribution in [0.15, 0.2) is 35.9 Å². The molecule has 0 aromatic heterocycles. The number of methoxy groups -OCH3 is 1. The zero-order chi connectivity index (χ0) is 21.0. The van der Waals surface area contributed by atoms with Crippen LogP contribution in [0.2, 0.25) is 0 Å². The van der Waals surface area contributed by atoms with E-state index in [1.165, 1.54) is 19.2 Å². The van der Waals surface area contributed by atoms with Gasteiger partial charge in [-0.3, -0.25) is 0 Å². The first kappa shape index (κ1) is 20.7. The summed E-state index contributed by atoms with van der Waals surface area (Å²) in [6.07, 6.45) is 3.31. The van der Waals surface area contributed by atoms with Crippen LogP contribution in [0.4, 0.5) is 0 Å². The topological polar surface area (TPSA) is 127 Å². The van der Waals surface area contributed by atoms with Crippen LogP contribution >= 0.6 is 0 Å². The molecule has 2 rings (SSSR count). The van der Waals surface area contributed by atoms with Crippen molar-refractivity contribution in [1.82, 2.24) is 0 Å². The number of benzene rings is 2. The normalized spacial score (nSPS) is 11.2. The number of carbonyl (C=O) groups is 1. The minimum Gasteiger partial charge on any atom is -0.508 e. The van der Waals surface area contributed by atoms with E-state index >= 15 is 0 Å². The number of carboxylic acids is 1. The average molecular weight is 386 g/mol. The Bertz CT molecular complexity index is 967. The molecule has 0 aliphatic heterocycles. The van der Waals surface area contributed by atoms with E-state index in [-0.39, 0.29) is 39.7 Å². The van der Waals surface area contributed by atoms with Gasteiger partial charge in [-0.15, -0.1) is 0 Å². The van der Waals surface area contributed by atoms with Gasteiger partial charge in [-0.25, -0.2) is 4.79 Å². The van der Waals surface area contributed by atoms with Gasteiger partial charge in [-0.2, -0.15) is 0 Å². The smallest absolute Gasteiger partial charge is 0.336 e. The van der Waals surface area contributed by atoms with Crippen LogP contribution in [0.3, 0.4) is 0 Å². The number of rotatable bonds is 6. The lowest BCUT2D eigenvalue weighted by molar-refractivity contribution is -0.130.